The van der Waals surface area contributed by atoms with Crippen LogP contribution < -0.4 is 0 Å². The Kier molecular flexibility index (Phi) is 6.64. The minimum Gasteiger partial charge on any atom is -0.462 e. The monoisotopic (exact) mass is 644 g/mol. The van der Waals surface area contributed by atoms with E-state index in [2.05, 4.69) is 6.58 Å². The molecule has 0 saturated carbocycles. The summed E-state index contributed by atoms with van der Waals surface area (Å²) in [6.07, 6.45) is 0.836. The molecule has 4 unspecified atom stereocenters. The molecule has 22 heteroatoms. The molecular formula is C13H30O14Si8. The molecule has 0 spiro atoms. The first-order valence-electron chi connectivity index (χ1n) is 13.7. The largest absolute Gasteiger partial charge is 0.478 e. The van der Waals surface area contributed by atoms with Crippen LogP contribution in [-0.2, 0) is 58.9 Å². The summed E-state index contributed by atoms with van der Waals surface area (Å²) in [6, 6.07) is -0.131. The van der Waals surface area contributed by atoms with Crippen LogP contribution in [0.15, 0.2) is 12.2 Å². The van der Waals surface area contributed by atoms with Crippen LogP contribution in [0.2, 0.25) is 18.1 Å². The van der Waals surface area contributed by atoms with Gasteiger partial charge in [0.1, 0.15) is 6.17 Å². The standard InChI is InChI=1S/C13H30O14Si8/c1-5-9-34-21-29-16-28-17-30(22-34)19-32-24-33(20-28,11-7-8-15-13(14)12(3)4)23-31(18-29)25-35(26-32,27-34)10-6-2/h28-32H,3,5-11H2,1-2,4H3/i28T,29T,30T,31T,32T. The normalized spacial score (nSPS) is 56.7. The summed E-state index contributed by atoms with van der Waals surface area (Å²) < 4.78 is 123. The second-order valence-electron chi connectivity index (χ2n) is 8.04. The van der Waals surface area contributed by atoms with E-state index in [0.717, 1.165) is 0 Å². The Morgan fingerprint density at radius 2 is 1.20 bits per heavy atom. The van der Waals surface area contributed by atoms with Crippen LogP contribution in [0.1, 0.15) is 40.0 Å². The van der Waals surface area contributed by atoms with Gasteiger partial charge in [0, 0.05) is 23.7 Å². The first-order chi connectivity index (χ1) is 18.4. The predicted molar refractivity (Wildman–Crippen MR) is 131 cm³/mol. The molecule has 6 rings (SSSR count). The lowest BCUT2D eigenvalue weighted by atomic mass is 10.4. The van der Waals surface area contributed by atoms with Crippen LogP contribution in [0.4, 0.5) is 0 Å². The third kappa shape index (κ3) is 6.05. The average molecular weight is 645 g/mol. The second-order valence-corrected chi connectivity index (χ2v) is 25.9. The van der Waals surface area contributed by atoms with Crippen molar-refractivity contribution in [3.8, 4) is 0 Å². The van der Waals surface area contributed by atoms with E-state index in [9.17, 15) is 4.79 Å². The van der Waals surface area contributed by atoms with Crippen LogP contribution in [0, 0.1) is 0 Å². The Morgan fingerprint density at radius 1 is 0.771 bits per heavy atom. The lowest BCUT2D eigenvalue weighted by molar-refractivity contribution is -0.139. The molecule has 0 aromatic heterocycles. The number of hydrogen-bond donors (Lipinski definition) is 0. The molecule has 0 aromatic carbocycles. The second kappa shape index (κ2) is 10.9. The third-order valence-electron chi connectivity index (χ3n) is 4.97. The van der Waals surface area contributed by atoms with E-state index in [-0.39, 0.29) is 36.7 Å². The summed E-state index contributed by atoms with van der Waals surface area (Å²) >= 11 is 0. The maximum atomic E-state index is 11.9. The Balaban J connectivity index is 1.63. The number of rotatable bonds is 9. The zero-order chi connectivity index (χ0) is 29.3. The molecule has 0 amide bonds. The van der Waals surface area contributed by atoms with Crippen molar-refractivity contribution in [2.75, 3.05) is 6.61 Å². The molecule has 6 fully saturated rings. The van der Waals surface area contributed by atoms with E-state index >= 15 is 0 Å². The third-order valence-corrected chi connectivity index (χ3v) is 29.4. The molecule has 0 N–H and O–H groups in total. The highest BCUT2D eigenvalue weighted by atomic mass is 28.6. The Labute approximate surface area is 221 Å². The zero-order valence-corrected chi connectivity index (χ0v) is 27.4. The van der Waals surface area contributed by atoms with E-state index in [0.29, 0.717) is 12.8 Å². The number of carbonyl (C=O) groups excluding carboxylic acids is 1. The molecule has 0 aliphatic carbocycles. The van der Waals surface area contributed by atoms with Crippen LogP contribution in [0.3, 0.4) is 0 Å². The van der Waals surface area contributed by atoms with Crippen molar-refractivity contribution in [3.63, 3.8) is 0 Å². The maximum absolute atomic E-state index is 11.9. The summed E-state index contributed by atoms with van der Waals surface area (Å²) in [5.41, 5.74) is 0.181. The molecule has 14 nitrogen and oxygen atoms in total. The van der Waals surface area contributed by atoms with Gasteiger partial charge >= 0.3 is 79.7 Å². The fourth-order valence-corrected chi connectivity index (χ4v) is 33.2. The molecule has 4 atom stereocenters. The first-order valence-corrected chi connectivity index (χ1v) is 23.1. The molecule has 8 bridgehead atoms. The van der Waals surface area contributed by atoms with Crippen molar-refractivity contribution in [2.24, 2.45) is 0 Å². The van der Waals surface area contributed by atoms with E-state index in [1.54, 1.807) is 13.8 Å². The minimum absolute atomic E-state index is 0.0190. The van der Waals surface area contributed by atoms with Gasteiger partial charge < -0.3 is 54.1 Å². The summed E-state index contributed by atoms with van der Waals surface area (Å²) in [6.45, 7) is 8.44. The quantitative estimate of drug-likeness (QED) is 0.131. The average Bonchev–Trinajstić information content (AvgIpc) is 2.70. The fourth-order valence-electron chi connectivity index (χ4n) is 3.55. The highest BCUT2D eigenvalue weighted by molar-refractivity contribution is 6.92. The highest BCUT2D eigenvalue weighted by Crippen LogP contribution is 2.40. The van der Waals surface area contributed by atoms with Gasteiger partial charge in [0.2, 0.25) is 0 Å². The molecular weight excluding hydrogens is 605 g/mol. The SMILES string of the molecule is [3H][Si]12O[Si]3([3H])O[Si]4([3H])O[Si](CCCOC(=O)C(=C)C)(O1)O[Si]1([3H])O[Si]([3H])(O2)O[Si](CCC)(O3)O[Si](CCC)(O4)O1. The molecule has 6 heterocycles. The van der Waals surface area contributed by atoms with Gasteiger partial charge in [-0.05, 0) is 13.3 Å². The Morgan fingerprint density at radius 3 is 1.69 bits per heavy atom. The van der Waals surface area contributed by atoms with E-state index in [4.69, 9.17) is 60.3 Å². The topological polar surface area (TPSA) is 137 Å². The van der Waals surface area contributed by atoms with Gasteiger partial charge in [-0.2, -0.15) is 0 Å². The Bertz CT molecular complexity index is 1030. The van der Waals surface area contributed by atoms with Crippen molar-refractivity contribution in [1.82, 2.24) is 0 Å². The van der Waals surface area contributed by atoms with Gasteiger partial charge in [0.15, 0.2) is 0 Å². The van der Waals surface area contributed by atoms with Gasteiger partial charge in [-0.15, -0.1) is 0 Å². The number of hydrogen-bond acceptors (Lipinski definition) is 14. The molecule has 6 saturated heterocycles. The van der Waals surface area contributed by atoms with E-state index in [1.807, 2.05) is 0 Å². The molecule has 0 aromatic rings. The highest BCUT2D eigenvalue weighted by Gasteiger charge is 2.68. The van der Waals surface area contributed by atoms with Gasteiger partial charge in [0.25, 0.3) is 0 Å². The number of ether oxygens (including phenoxy) is 1. The van der Waals surface area contributed by atoms with Crippen molar-refractivity contribution >= 4 is 79.7 Å². The van der Waals surface area contributed by atoms with E-state index < -0.39 is 79.7 Å². The molecule has 0 radical (unpaired) electrons. The van der Waals surface area contributed by atoms with Crippen LogP contribution in [0.5, 0.6) is 0 Å². The van der Waals surface area contributed by atoms with Crippen molar-refractivity contribution in [2.45, 2.75) is 58.2 Å². The minimum atomic E-state index is -4.95. The Hall–Kier alpha value is 0.465. The first kappa shape index (κ1) is 21.3. The lowest BCUT2D eigenvalue weighted by Crippen LogP contribution is -2.77. The van der Waals surface area contributed by atoms with Gasteiger partial charge in [-0.25, -0.2) is 4.79 Å². The summed E-state index contributed by atoms with van der Waals surface area (Å²) in [5, 5.41) is 0. The molecule has 6 aliphatic heterocycles. The number of esters is 1. The molecule has 35 heavy (non-hydrogen) atoms. The van der Waals surface area contributed by atoms with E-state index in [1.165, 1.54) is 6.92 Å². The lowest BCUT2D eigenvalue weighted by Gasteiger charge is -2.53. The van der Waals surface area contributed by atoms with Gasteiger partial charge in [-0.3, -0.25) is 0 Å². The van der Waals surface area contributed by atoms with Gasteiger partial charge in [0.05, 0.1) is 6.61 Å². The van der Waals surface area contributed by atoms with Crippen LogP contribution >= 0.6 is 0 Å². The summed E-state index contributed by atoms with van der Waals surface area (Å²) in [4.78, 5) is 11.9. The summed E-state index contributed by atoms with van der Waals surface area (Å²) in [7, 11) is -37.3. The predicted octanol–water partition coefficient (Wildman–Crippen LogP) is -1.01. The van der Waals surface area contributed by atoms with Crippen molar-refractivity contribution in [3.05, 3.63) is 12.2 Å². The van der Waals surface area contributed by atoms with Crippen LogP contribution in [0.25, 0.3) is 0 Å². The number of carbonyl (C=O) groups is 1. The smallest absolute Gasteiger partial charge is 0.462 e. The van der Waals surface area contributed by atoms with Crippen molar-refractivity contribution < 1.29 is 58.9 Å². The summed E-state index contributed by atoms with van der Waals surface area (Å²) in [5.74, 6) is -0.637. The van der Waals surface area contributed by atoms with Crippen molar-refractivity contribution in [1.29, 1.82) is 6.17 Å². The zero-order valence-electron chi connectivity index (χ0n) is 24.4. The molecule has 198 valence electrons. The maximum Gasteiger partial charge on any atom is 0.478 e. The molecule has 6 aliphatic rings. The fraction of sp³-hybridized carbons (Fsp3) is 0.769. The van der Waals surface area contributed by atoms with Gasteiger partial charge in [-0.1, -0.05) is 33.3 Å². The van der Waals surface area contributed by atoms with Crippen LogP contribution in [-0.4, -0.2) is 92.5 Å².